The number of unbranched alkanes of at least 4 members (excludes halogenated alkanes) is 1. The molecule has 1 heterocycles. The minimum atomic E-state index is -5.62. The molecule has 0 aromatic rings. The van der Waals surface area contributed by atoms with Crippen molar-refractivity contribution in [2.24, 2.45) is 0 Å². The number of sulfone groups is 1. The van der Waals surface area contributed by atoms with E-state index in [1.54, 1.807) is 0 Å². The largest absolute Gasteiger partial charge is 0.453 e. The van der Waals surface area contributed by atoms with Crippen molar-refractivity contribution in [2.45, 2.75) is 63.1 Å². The van der Waals surface area contributed by atoms with Gasteiger partial charge in [0.1, 0.15) is 9.84 Å². The molecule has 1 fully saturated rings. The molecule has 22 heavy (non-hydrogen) atoms. The maximum atomic E-state index is 12.7. The van der Waals surface area contributed by atoms with Crippen molar-refractivity contribution in [3.63, 3.8) is 0 Å². The van der Waals surface area contributed by atoms with Crippen LogP contribution in [0.4, 0.5) is 22.0 Å². The molecular formula is C13H22F5NO2S. The van der Waals surface area contributed by atoms with Crippen LogP contribution >= 0.6 is 0 Å². The first-order valence-electron chi connectivity index (χ1n) is 7.42. The van der Waals surface area contributed by atoms with Gasteiger partial charge in [0.25, 0.3) is 0 Å². The lowest BCUT2D eigenvalue weighted by molar-refractivity contribution is -0.284. The second kappa shape index (κ2) is 7.90. The molecule has 0 saturated carbocycles. The van der Waals surface area contributed by atoms with Crippen LogP contribution in [0.2, 0.25) is 0 Å². The van der Waals surface area contributed by atoms with E-state index in [2.05, 4.69) is 5.32 Å². The topological polar surface area (TPSA) is 46.2 Å². The summed E-state index contributed by atoms with van der Waals surface area (Å²) in [6, 6.07) is 0.410. The molecule has 0 aliphatic carbocycles. The highest BCUT2D eigenvalue weighted by Gasteiger charge is 2.56. The zero-order chi connectivity index (χ0) is 16.9. The highest BCUT2D eigenvalue weighted by molar-refractivity contribution is 7.91. The van der Waals surface area contributed by atoms with E-state index in [1.165, 1.54) is 0 Å². The Morgan fingerprint density at radius 1 is 1.00 bits per heavy atom. The number of alkyl halides is 5. The molecule has 1 N–H and O–H groups in total. The Balaban J connectivity index is 2.20. The van der Waals surface area contributed by atoms with E-state index in [9.17, 15) is 30.4 Å². The molecule has 1 atom stereocenters. The Morgan fingerprint density at radius 2 is 1.64 bits per heavy atom. The summed E-state index contributed by atoms with van der Waals surface area (Å²) in [5, 5.41) is 3.28. The molecule has 0 bridgehead atoms. The summed E-state index contributed by atoms with van der Waals surface area (Å²) >= 11 is 0. The normalized spacial score (nSPS) is 20.5. The predicted molar refractivity (Wildman–Crippen MR) is 73.8 cm³/mol. The summed E-state index contributed by atoms with van der Waals surface area (Å²) in [5.74, 6) is -5.60. The minimum Gasteiger partial charge on any atom is -0.314 e. The Labute approximate surface area is 127 Å². The van der Waals surface area contributed by atoms with Crippen molar-refractivity contribution >= 4 is 9.84 Å². The third kappa shape index (κ3) is 6.76. The van der Waals surface area contributed by atoms with Gasteiger partial charge in [0.2, 0.25) is 0 Å². The van der Waals surface area contributed by atoms with Gasteiger partial charge in [-0.15, -0.1) is 0 Å². The number of hydrogen-bond donors (Lipinski definition) is 1. The zero-order valence-electron chi connectivity index (χ0n) is 12.3. The Morgan fingerprint density at radius 3 is 2.18 bits per heavy atom. The second-order valence-corrected chi connectivity index (χ2v) is 8.05. The van der Waals surface area contributed by atoms with Gasteiger partial charge in [0, 0.05) is 12.5 Å². The van der Waals surface area contributed by atoms with Crippen LogP contribution in [0.3, 0.4) is 0 Å². The van der Waals surface area contributed by atoms with E-state index < -0.39 is 40.5 Å². The number of nitrogens with one attached hydrogen (secondary N) is 1. The smallest absolute Gasteiger partial charge is 0.314 e. The summed E-state index contributed by atoms with van der Waals surface area (Å²) in [6.45, 7) is 0.969. The summed E-state index contributed by atoms with van der Waals surface area (Å²) in [6.07, 6.45) is -3.63. The van der Waals surface area contributed by atoms with Gasteiger partial charge in [-0.05, 0) is 38.6 Å². The molecule has 0 aromatic carbocycles. The van der Waals surface area contributed by atoms with Crippen molar-refractivity contribution in [1.82, 2.24) is 5.32 Å². The fraction of sp³-hybridized carbons (Fsp3) is 1.00. The maximum Gasteiger partial charge on any atom is 0.453 e. The van der Waals surface area contributed by atoms with Crippen LogP contribution in [-0.2, 0) is 9.84 Å². The van der Waals surface area contributed by atoms with Gasteiger partial charge >= 0.3 is 12.1 Å². The molecule has 0 amide bonds. The van der Waals surface area contributed by atoms with E-state index in [0.717, 1.165) is 25.8 Å². The summed E-state index contributed by atoms with van der Waals surface area (Å²) in [4.78, 5) is 0. The molecular weight excluding hydrogens is 329 g/mol. The molecule has 1 aliphatic heterocycles. The number of halogens is 5. The highest BCUT2D eigenvalue weighted by atomic mass is 32.2. The summed E-state index contributed by atoms with van der Waals surface area (Å²) in [7, 11) is -3.57. The standard InChI is InChI=1S/C13H22F5NO2S/c14-12(15,13(16,17)18)7-4-10-22(20,21)9-2-1-5-11-6-3-8-19-11/h11,19H,1-10H2. The monoisotopic (exact) mass is 351 g/mol. The Kier molecular flexibility index (Phi) is 7.04. The van der Waals surface area contributed by atoms with Gasteiger partial charge in [-0.1, -0.05) is 6.42 Å². The maximum absolute atomic E-state index is 12.7. The molecule has 1 saturated heterocycles. The van der Waals surface area contributed by atoms with Crippen LogP contribution in [0.1, 0.15) is 44.9 Å². The van der Waals surface area contributed by atoms with Gasteiger partial charge < -0.3 is 5.32 Å². The minimum absolute atomic E-state index is 0.155. The Bertz CT molecular complexity index is 430. The second-order valence-electron chi connectivity index (χ2n) is 5.75. The molecule has 1 rings (SSSR count). The van der Waals surface area contributed by atoms with Crippen molar-refractivity contribution in [3.8, 4) is 0 Å². The highest BCUT2D eigenvalue weighted by Crippen LogP contribution is 2.38. The van der Waals surface area contributed by atoms with E-state index in [0.29, 0.717) is 18.9 Å². The van der Waals surface area contributed by atoms with E-state index in [-0.39, 0.29) is 5.75 Å². The number of hydrogen-bond acceptors (Lipinski definition) is 3. The fourth-order valence-corrected chi connectivity index (χ4v) is 3.91. The van der Waals surface area contributed by atoms with Gasteiger partial charge in [-0.25, -0.2) is 8.42 Å². The molecule has 0 radical (unpaired) electrons. The molecule has 0 spiro atoms. The van der Waals surface area contributed by atoms with Crippen molar-refractivity contribution in [2.75, 3.05) is 18.1 Å². The van der Waals surface area contributed by atoms with Gasteiger partial charge in [0.05, 0.1) is 11.5 Å². The third-order valence-corrected chi connectivity index (χ3v) is 5.60. The lowest BCUT2D eigenvalue weighted by atomic mass is 10.1. The van der Waals surface area contributed by atoms with Gasteiger partial charge in [0.15, 0.2) is 0 Å². The van der Waals surface area contributed by atoms with Crippen molar-refractivity contribution < 1.29 is 30.4 Å². The first-order chi connectivity index (χ1) is 10.0. The zero-order valence-corrected chi connectivity index (χ0v) is 13.1. The first-order valence-corrected chi connectivity index (χ1v) is 9.24. The van der Waals surface area contributed by atoms with E-state index >= 15 is 0 Å². The molecule has 0 aromatic heterocycles. The fourth-order valence-electron chi connectivity index (χ4n) is 2.47. The molecule has 1 unspecified atom stereocenters. The number of rotatable bonds is 9. The quantitative estimate of drug-likeness (QED) is 0.512. The lowest BCUT2D eigenvalue weighted by Crippen LogP contribution is -2.36. The molecule has 3 nitrogen and oxygen atoms in total. The van der Waals surface area contributed by atoms with Crippen LogP contribution in [-0.4, -0.2) is 44.6 Å². The van der Waals surface area contributed by atoms with Crippen molar-refractivity contribution in [1.29, 1.82) is 0 Å². The average Bonchev–Trinajstić information content (AvgIpc) is 2.86. The van der Waals surface area contributed by atoms with Crippen LogP contribution in [0, 0.1) is 0 Å². The first kappa shape index (κ1) is 19.6. The third-order valence-electron chi connectivity index (χ3n) is 3.78. The summed E-state index contributed by atoms with van der Waals surface area (Å²) in [5.41, 5.74) is 0. The molecule has 9 heteroatoms. The van der Waals surface area contributed by atoms with Crippen LogP contribution in [0.5, 0.6) is 0 Å². The summed E-state index contributed by atoms with van der Waals surface area (Å²) < 4.78 is 84.4. The van der Waals surface area contributed by atoms with Crippen molar-refractivity contribution in [3.05, 3.63) is 0 Å². The average molecular weight is 351 g/mol. The molecule has 1 aliphatic rings. The molecule has 132 valence electrons. The van der Waals surface area contributed by atoms with Crippen LogP contribution in [0.25, 0.3) is 0 Å². The van der Waals surface area contributed by atoms with Gasteiger partial charge in [-0.3, -0.25) is 0 Å². The van der Waals surface area contributed by atoms with Gasteiger partial charge in [-0.2, -0.15) is 22.0 Å². The van der Waals surface area contributed by atoms with E-state index in [1.807, 2.05) is 0 Å². The van der Waals surface area contributed by atoms with Crippen LogP contribution < -0.4 is 5.32 Å². The Hall–Kier alpha value is -0.440. The van der Waals surface area contributed by atoms with E-state index in [4.69, 9.17) is 0 Å². The lowest BCUT2D eigenvalue weighted by Gasteiger charge is -2.19. The van der Waals surface area contributed by atoms with Crippen LogP contribution in [0.15, 0.2) is 0 Å². The SMILES string of the molecule is O=S(=O)(CCCCC1CCCN1)CCCC(F)(F)C(F)(F)F. The predicted octanol–water partition coefficient (Wildman–Crippen LogP) is 3.30.